The molecule has 0 aliphatic heterocycles. The van der Waals surface area contributed by atoms with Gasteiger partial charge in [0.15, 0.2) is 0 Å². The molecular weight excluding hydrogens is 266 g/mol. The van der Waals surface area contributed by atoms with Gasteiger partial charge in [0.25, 0.3) is 0 Å². The van der Waals surface area contributed by atoms with Gasteiger partial charge in [-0.2, -0.15) is 0 Å². The Bertz CT molecular complexity index is 666. The molecule has 3 N–H and O–H groups in total. The van der Waals surface area contributed by atoms with Crippen LogP contribution < -0.4 is 10.5 Å². The lowest BCUT2D eigenvalue weighted by atomic mass is 9.88. The number of rotatable bonds is 5. The van der Waals surface area contributed by atoms with Crippen LogP contribution in [0.25, 0.3) is 10.9 Å². The Morgan fingerprint density at radius 3 is 2.81 bits per heavy atom. The van der Waals surface area contributed by atoms with Crippen molar-refractivity contribution in [2.45, 2.75) is 27.2 Å². The van der Waals surface area contributed by atoms with Crippen molar-refractivity contribution < 1.29 is 9.94 Å². The number of nitrogens with two attached hydrogens (primary N) is 1. The average molecular weight is 287 g/mol. The molecule has 0 saturated carbocycles. The number of fused-ring (bicyclic) bond motifs is 1. The molecule has 21 heavy (non-hydrogen) atoms. The average Bonchev–Trinajstić information content (AvgIpc) is 2.46. The van der Waals surface area contributed by atoms with E-state index in [4.69, 9.17) is 15.7 Å². The number of hydrogen-bond donors (Lipinski definition) is 2. The maximum atomic E-state index is 8.77. The quantitative estimate of drug-likeness (QED) is 0.383. The zero-order valence-corrected chi connectivity index (χ0v) is 12.6. The Balaban J connectivity index is 2.13. The smallest absolute Gasteiger partial charge is 0.145 e. The van der Waals surface area contributed by atoms with Gasteiger partial charge in [0, 0.05) is 16.5 Å². The zero-order chi connectivity index (χ0) is 15.5. The van der Waals surface area contributed by atoms with Crippen molar-refractivity contribution in [2.24, 2.45) is 16.3 Å². The van der Waals surface area contributed by atoms with Gasteiger partial charge < -0.3 is 15.7 Å². The first-order valence-electron chi connectivity index (χ1n) is 6.91. The summed E-state index contributed by atoms with van der Waals surface area (Å²) >= 11 is 0. The first kappa shape index (κ1) is 15.1. The molecule has 0 saturated heterocycles. The van der Waals surface area contributed by atoms with Crippen molar-refractivity contribution >= 4 is 16.7 Å². The minimum Gasteiger partial charge on any atom is -0.491 e. The number of amidine groups is 1. The summed E-state index contributed by atoms with van der Waals surface area (Å²) in [6.07, 6.45) is 0.644. The van der Waals surface area contributed by atoms with Crippen LogP contribution in [0, 0.1) is 12.3 Å². The minimum atomic E-state index is -0.414. The van der Waals surface area contributed by atoms with Crippen molar-refractivity contribution in [1.82, 2.24) is 4.98 Å². The third-order valence-corrected chi connectivity index (χ3v) is 3.61. The molecule has 1 heterocycles. The second kappa shape index (κ2) is 5.99. The van der Waals surface area contributed by atoms with Gasteiger partial charge in [-0.25, -0.2) is 4.98 Å². The Morgan fingerprint density at radius 2 is 2.10 bits per heavy atom. The van der Waals surface area contributed by atoms with Gasteiger partial charge in [-0.15, -0.1) is 0 Å². The fraction of sp³-hybridized carbons (Fsp3) is 0.375. The number of ether oxygens (including phenoxy) is 1. The van der Waals surface area contributed by atoms with E-state index in [-0.39, 0.29) is 5.84 Å². The lowest BCUT2D eigenvalue weighted by Gasteiger charge is -2.22. The van der Waals surface area contributed by atoms with Crippen LogP contribution in [-0.2, 0) is 0 Å². The third-order valence-electron chi connectivity index (χ3n) is 3.61. The molecule has 2 aromatic rings. The van der Waals surface area contributed by atoms with Gasteiger partial charge >= 0.3 is 0 Å². The van der Waals surface area contributed by atoms with Crippen LogP contribution in [-0.4, -0.2) is 22.6 Å². The van der Waals surface area contributed by atoms with Crippen LogP contribution in [0.3, 0.4) is 0 Å². The van der Waals surface area contributed by atoms with E-state index in [1.807, 2.05) is 51.1 Å². The maximum Gasteiger partial charge on any atom is 0.145 e. The Kier molecular flexibility index (Phi) is 4.31. The van der Waals surface area contributed by atoms with Crippen LogP contribution in [0.1, 0.15) is 26.0 Å². The van der Waals surface area contributed by atoms with Crippen LogP contribution in [0.5, 0.6) is 5.75 Å². The van der Waals surface area contributed by atoms with E-state index >= 15 is 0 Å². The van der Waals surface area contributed by atoms with E-state index < -0.39 is 5.41 Å². The molecule has 2 rings (SSSR count). The number of benzene rings is 1. The summed E-state index contributed by atoms with van der Waals surface area (Å²) in [5.74, 6) is 0.962. The van der Waals surface area contributed by atoms with Crippen molar-refractivity contribution in [1.29, 1.82) is 0 Å². The summed E-state index contributed by atoms with van der Waals surface area (Å²) in [5, 5.41) is 12.9. The second-order valence-corrected chi connectivity index (χ2v) is 5.75. The molecule has 0 bridgehead atoms. The molecule has 0 spiro atoms. The molecule has 112 valence electrons. The summed E-state index contributed by atoms with van der Waals surface area (Å²) in [4.78, 5) is 4.53. The van der Waals surface area contributed by atoms with Crippen LogP contribution in [0.15, 0.2) is 35.5 Å². The highest BCUT2D eigenvalue weighted by atomic mass is 16.5. The van der Waals surface area contributed by atoms with Crippen molar-refractivity contribution in [3.63, 3.8) is 0 Å². The molecule has 0 unspecified atom stereocenters. The molecule has 0 aliphatic rings. The van der Waals surface area contributed by atoms with Crippen molar-refractivity contribution in [3.8, 4) is 5.75 Å². The fourth-order valence-corrected chi connectivity index (χ4v) is 2.01. The van der Waals surface area contributed by atoms with E-state index in [1.165, 1.54) is 0 Å². The normalized spacial score (nSPS) is 12.6. The number of aryl methyl sites for hydroxylation is 1. The number of pyridine rings is 1. The Labute approximate surface area is 124 Å². The highest BCUT2D eigenvalue weighted by molar-refractivity contribution is 5.85. The van der Waals surface area contributed by atoms with Gasteiger partial charge in [0.1, 0.15) is 17.1 Å². The summed E-state index contributed by atoms with van der Waals surface area (Å²) in [6.45, 7) is 6.25. The lowest BCUT2D eigenvalue weighted by molar-refractivity contribution is 0.261. The molecule has 5 heteroatoms. The second-order valence-electron chi connectivity index (χ2n) is 5.75. The largest absolute Gasteiger partial charge is 0.491 e. The standard InChI is InChI=1S/C16H21N3O2/c1-11-7-8-12-5-4-6-13(14(12)18-11)21-10-9-16(2,3)15(17)19-20/h4-8,20H,9-10H2,1-3H3,(H2,17,19). The molecular formula is C16H21N3O2. The number of nitrogens with zero attached hydrogens (tertiary/aromatic N) is 2. The first-order chi connectivity index (χ1) is 9.94. The van der Waals surface area contributed by atoms with Crippen molar-refractivity contribution in [3.05, 3.63) is 36.0 Å². The highest BCUT2D eigenvalue weighted by Gasteiger charge is 2.23. The Morgan fingerprint density at radius 1 is 1.33 bits per heavy atom. The Hall–Kier alpha value is -2.30. The molecule has 0 amide bonds. The molecule has 1 aromatic heterocycles. The van der Waals surface area contributed by atoms with Crippen LogP contribution >= 0.6 is 0 Å². The molecule has 0 fully saturated rings. The molecule has 1 aromatic carbocycles. The van der Waals surface area contributed by atoms with E-state index in [9.17, 15) is 0 Å². The highest BCUT2D eigenvalue weighted by Crippen LogP contribution is 2.26. The van der Waals surface area contributed by atoms with E-state index in [0.717, 1.165) is 22.3 Å². The molecule has 0 aliphatic carbocycles. The lowest BCUT2D eigenvalue weighted by Crippen LogP contribution is -2.33. The molecule has 5 nitrogen and oxygen atoms in total. The van der Waals surface area contributed by atoms with Crippen LogP contribution in [0.4, 0.5) is 0 Å². The predicted molar refractivity (Wildman–Crippen MR) is 83.8 cm³/mol. The number of hydrogen-bond acceptors (Lipinski definition) is 4. The van der Waals surface area contributed by atoms with Crippen molar-refractivity contribution in [2.75, 3.05) is 6.61 Å². The topological polar surface area (TPSA) is 80.7 Å². The SMILES string of the molecule is Cc1ccc2cccc(OCCC(C)(C)C(N)=NO)c2n1. The fourth-order valence-electron chi connectivity index (χ4n) is 2.01. The zero-order valence-electron chi connectivity index (χ0n) is 12.6. The van der Waals surface area contributed by atoms with E-state index in [0.29, 0.717) is 13.0 Å². The number of oxime groups is 1. The van der Waals surface area contributed by atoms with E-state index in [1.54, 1.807) is 0 Å². The van der Waals surface area contributed by atoms with Crippen LogP contribution in [0.2, 0.25) is 0 Å². The summed E-state index contributed by atoms with van der Waals surface area (Å²) < 4.78 is 5.85. The predicted octanol–water partition coefficient (Wildman–Crippen LogP) is 3.08. The maximum absolute atomic E-state index is 8.77. The van der Waals surface area contributed by atoms with Gasteiger partial charge in [-0.3, -0.25) is 0 Å². The van der Waals surface area contributed by atoms with Gasteiger partial charge in [0.2, 0.25) is 0 Å². The monoisotopic (exact) mass is 287 g/mol. The number of para-hydroxylation sites is 1. The number of aromatic nitrogens is 1. The van der Waals surface area contributed by atoms with Gasteiger partial charge in [-0.1, -0.05) is 37.2 Å². The third kappa shape index (κ3) is 3.42. The minimum absolute atomic E-state index is 0.206. The summed E-state index contributed by atoms with van der Waals surface area (Å²) in [5.41, 5.74) is 7.07. The first-order valence-corrected chi connectivity index (χ1v) is 6.91. The molecule has 0 radical (unpaired) electrons. The van der Waals surface area contributed by atoms with Gasteiger partial charge in [-0.05, 0) is 25.5 Å². The summed E-state index contributed by atoms with van der Waals surface area (Å²) in [7, 11) is 0. The van der Waals surface area contributed by atoms with E-state index in [2.05, 4.69) is 10.1 Å². The molecule has 0 atom stereocenters. The van der Waals surface area contributed by atoms with Gasteiger partial charge in [0.05, 0.1) is 6.61 Å². The summed E-state index contributed by atoms with van der Waals surface area (Å²) in [6, 6.07) is 9.88.